The predicted molar refractivity (Wildman–Crippen MR) is 62.1 cm³/mol. The molecule has 1 N–H and O–H groups in total. The summed E-state index contributed by atoms with van der Waals surface area (Å²) in [4.78, 5) is 0. The summed E-state index contributed by atoms with van der Waals surface area (Å²) in [5.74, 6) is 0.913. The van der Waals surface area contributed by atoms with E-state index in [1.165, 1.54) is 6.42 Å². The molecular weight excluding hydrogens is 216 g/mol. The Bertz CT molecular complexity index is 491. The highest BCUT2D eigenvalue weighted by atomic mass is 16.5. The summed E-state index contributed by atoms with van der Waals surface area (Å²) in [5, 5.41) is 16.4. The minimum Gasteiger partial charge on any atom is -0.356 e. The fourth-order valence-electron chi connectivity index (χ4n) is 2.28. The summed E-state index contributed by atoms with van der Waals surface area (Å²) >= 11 is 0. The molecule has 0 bridgehead atoms. The van der Waals surface area contributed by atoms with Crippen LogP contribution in [0.3, 0.4) is 0 Å². The standard InChI is InChI=1S/C12H14N4O/c13-7-10-5-4-9-8-14-16(12(9)15-10)11-3-1-2-6-17-11/h5,8,11,15H,1-4,6H2. The van der Waals surface area contributed by atoms with Crippen molar-refractivity contribution in [1.82, 2.24) is 9.78 Å². The number of ether oxygens (including phenoxy) is 1. The van der Waals surface area contributed by atoms with Gasteiger partial charge in [0, 0.05) is 12.2 Å². The van der Waals surface area contributed by atoms with Gasteiger partial charge in [-0.25, -0.2) is 4.68 Å². The lowest BCUT2D eigenvalue weighted by atomic mass is 10.1. The van der Waals surface area contributed by atoms with E-state index in [1.807, 2.05) is 17.0 Å². The van der Waals surface area contributed by atoms with Crippen LogP contribution in [0.4, 0.5) is 5.82 Å². The van der Waals surface area contributed by atoms with Gasteiger partial charge in [0.15, 0.2) is 6.23 Å². The predicted octanol–water partition coefficient (Wildman–Crippen LogP) is 1.96. The molecule has 1 unspecified atom stereocenters. The van der Waals surface area contributed by atoms with E-state index in [-0.39, 0.29) is 6.23 Å². The lowest BCUT2D eigenvalue weighted by molar-refractivity contribution is -0.0381. The maximum absolute atomic E-state index is 8.91. The summed E-state index contributed by atoms with van der Waals surface area (Å²) in [6.07, 6.45) is 7.79. The molecule has 1 fully saturated rings. The van der Waals surface area contributed by atoms with Crippen LogP contribution in [0.15, 0.2) is 18.0 Å². The summed E-state index contributed by atoms with van der Waals surface area (Å²) in [6, 6.07) is 2.13. The van der Waals surface area contributed by atoms with Gasteiger partial charge in [0.05, 0.1) is 6.20 Å². The number of allylic oxidation sites excluding steroid dienone is 2. The number of fused-ring (bicyclic) bond motifs is 1. The quantitative estimate of drug-likeness (QED) is 0.801. The molecule has 3 rings (SSSR count). The molecule has 88 valence electrons. The number of nitriles is 1. The number of hydrogen-bond donors (Lipinski definition) is 1. The van der Waals surface area contributed by atoms with Gasteiger partial charge in [-0.3, -0.25) is 0 Å². The SMILES string of the molecule is N#CC1=CCc2cnn(C3CCCCO3)c2N1. The summed E-state index contributed by atoms with van der Waals surface area (Å²) in [7, 11) is 0. The molecule has 3 heterocycles. The van der Waals surface area contributed by atoms with Crippen molar-refractivity contribution < 1.29 is 4.74 Å². The third-order valence-corrected chi connectivity index (χ3v) is 3.20. The molecule has 2 aliphatic rings. The molecule has 5 heteroatoms. The van der Waals surface area contributed by atoms with Gasteiger partial charge in [0.2, 0.25) is 0 Å². The molecule has 0 radical (unpaired) electrons. The molecule has 0 spiro atoms. The van der Waals surface area contributed by atoms with Gasteiger partial charge in [-0.15, -0.1) is 0 Å². The highest BCUT2D eigenvalue weighted by Gasteiger charge is 2.23. The van der Waals surface area contributed by atoms with Crippen LogP contribution in [-0.2, 0) is 11.2 Å². The average Bonchev–Trinajstić information content (AvgIpc) is 2.82. The molecule has 0 saturated carbocycles. The van der Waals surface area contributed by atoms with Crippen LogP contribution >= 0.6 is 0 Å². The Balaban J connectivity index is 1.89. The normalized spacial score (nSPS) is 23.2. The Hall–Kier alpha value is -1.80. The highest BCUT2D eigenvalue weighted by Crippen LogP contribution is 2.30. The molecule has 2 aliphatic heterocycles. The van der Waals surface area contributed by atoms with Crippen molar-refractivity contribution in [3.05, 3.63) is 23.5 Å². The zero-order valence-electron chi connectivity index (χ0n) is 9.52. The largest absolute Gasteiger partial charge is 0.356 e. The summed E-state index contributed by atoms with van der Waals surface area (Å²) in [6.45, 7) is 0.792. The fourth-order valence-corrected chi connectivity index (χ4v) is 2.28. The van der Waals surface area contributed by atoms with E-state index in [2.05, 4.69) is 16.5 Å². The van der Waals surface area contributed by atoms with E-state index in [0.717, 1.165) is 37.3 Å². The highest BCUT2D eigenvalue weighted by molar-refractivity contribution is 5.56. The molecule has 5 nitrogen and oxygen atoms in total. The summed E-state index contributed by atoms with van der Waals surface area (Å²) < 4.78 is 7.59. The number of nitrogens with one attached hydrogen (secondary N) is 1. The smallest absolute Gasteiger partial charge is 0.152 e. The van der Waals surface area contributed by atoms with Crippen LogP contribution < -0.4 is 5.32 Å². The maximum Gasteiger partial charge on any atom is 0.152 e. The Morgan fingerprint density at radius 2 is 2.47 bits per heavy atom. The van der Waals surface area contributed by atoms with Crippen LogP contribution in [0.5, 0.6) is 0 Å². The van der Waals surface area contributed by atoms with Crippen molar-refractivity contribution in [1.29, 1.82) is 5.26 Å². The molecule has 0 amide bonds. The molecule has 1 atom stereocenters. The first-order valence-electron chi connectivity index (χ1n) is 5.94. The van der Waals surface area contributed by atoms with Crippen molar-refractivity contribution in [3.63, 3.8) is 0 Å². The van der Waals surface area contributed by atoms with Crippen LogP contribution in [-0.4, -0.2) is 16.4 Å². The van der Waals surface area contributed by atoms with Crippen molar-refractivity contribution in [3.8, 4) is 6.07 Å². The topological polar surface area (TPSA) is 62.9 Å². The number of nitrogens with zero attached hydrogens (tertiary/aromatic N) is 3. The van der Waals surface area contributed by atoms with Crippen molar-refractivity contribution in [2.75, 3.05) is 11.9 Å². The number of rotatable bonds is 1. The van der Waals surface area contributed by atoms with E-state index < -0.39 is 0 Å². The second-order valence-corrected chi connectivity index (χ2v) is 4.34. The van der Waals surface area contributed by atoms with E-state index in [4.69, 9.17) is 10.00 Å². The molecule has 1 aromatic heterocycles. The van der Waals surface area contributed by atoms with E-state index >= 15 is 0 Å². The van der Waals surface area contributed by atoms with Crippen molar-refractivity contribution >= 4 is 5.82 Å². The number of anilines is 1. The Morgan fingerprint density at radius 3 is 3.24 bits per heavy atom. The second-order valence-electron chi connectivity index (χ2n) is 4.34. The fraction of sp³-hybridized carbons (Fsp3) is 0.500. The van der Waals surface area contributed by atoms with E-state index in [0.29, 0.717) is 5.70 Å². The van der Waals surface area contributed by atoms with Crippen LogP contribution in [0.25, 0.3) is 0 Å². The van der Waals surface area contributed by atoms with Gasteiger partial charge in [0.1, 0.15) is 17.6 Å². The first-order chi connectivity index (χ1) is 8.38. The maximum atomic E-state index is 8.91. The van der Waals surface area contributed by atoms with Crippen molar-refractivity contribution in [2.45, 2.75) is 31.9 Å². The lowest BCUT2D eigenvalue weighted by Gasteiger charge is -2.25. The zero-order valence-corrected chi connectivity index (χ0v) is 9.52. The molecule has 1 saturated heterocycles. The third kappa shape index (κ3) is 1.81. The zero-order chi connectivity index (χ0) is 11.7. The molecule has 0 aromatic carbocycles. The second kappa shape index (κ2) is 4.22. The van der Waals surface area contributed by atoms with Gasteiger partial charge >= 0.3 is 0 Å². The number of hydrogen-bond acceptors (Lipinski definition) is 4. The third-order valence-electron chi connectivity index (χ3n) is 3.20. The van der Waals surface area contributed by atoms with Gasteiger partial charge in [-0.05, 0) is 31.8 Å². The Morgan fingerprint density at radius 1 is 1.53 bits per heavy atom. The van der Waals surface area contributed by atoms with E-state index in [1.54, 1.807) is 0 Å². The van der Waals surface area contributed by atoms with Gasteiger partial charge in [0.25, 0.3) is 0 Å². The number of aromatic nitrogens is 2. The van der Waals surface area contributed by atoms with Crippen LogP contribution in [0.2, 0.25) is 0 Å². The monoisotopic (exact) mass is 230 g/mol. The Kier molecular flexibility index (Phi) is 2.57. The lowest BCUT2D eigenvalue weighted by Crippen LogP contribution is -2.21. The molecule has 0 aliphatic carbocycles. The van der Waals surface area contributed by atoms with Gasteiger partial charge in [-0.2, -0.15) is 10.4 Å². The van der Waals surface area contributed by atoms with Crippen LogP contribution in [0.1, 0.15) is 31.1 Å². The molecular formula is C12H14N4O. The average molecular weight is 230 g/mol. The molecule has 1 aromatic rings. The first-order valence-corrected chi connectivity index (χ1v) is 5.94. The van der Waals surface area contributed by atoms with Crippen molar-refractivity contribution in [2.24, 2.45) is 0 Å². The molecule has 17 heavy (non-hydrogen) atoms. The Labute approximate surface area is 99.7 Å². The van der Waals surface area contributed by atoms with Gasteiger partial charge in [-0.1, -0.05) is 0 Å². The van der Waals surface area contributed by atoms with Crippen LogP contribution in [0, 0.1) is 11.3 Å². The first kappa shape index (κ1) is 10.4. The minimum atomic E-state index is 0.0121. The van der Waals surface area contributed by atoms with Gasteiger partial charge < -0.3 is 10.1 Å². The minimum absolute atomic E-state index is 0.0121. The van der Waals surface area contributed by atoms with E-state index in [9.17, 15) is 0 Å². The summed E-state index contributed by atoms with van der Waals surface area (Å²) in [5.41, 5.74) is 1.72.